The molecular formula is C25H23FN4O6. The van der Waals surface area contributed by atoms with Crippen LogP contribution in [0.1, 0.15) is 24.5 Å². The number of nitrogens with one attached hydrogen (secondary N) is 2. The normalized spacial score (nSPS) is 10.6. The third-order valence-electron chi connectivity index (χ3n) is 4.66. The third-order valence-corrected chi connectivity index (χ3v) is 4.66. The molecular weight excluding hydrogens is 471 g/mol. The summed E-state index contributed by atoms with van der Waals surface area (Å²) in [5, 5.41) is 17.1. The fourth-order valence-electron chi connectivity index (χ4n) is 2.97. The second-order valence-corrected chi connectivity index (χ2v) is 7.38. The van der Waals surface area contributed by atoms with E-state index in [0.29, 0.717) is 29.4 Å². The van der Waals surface area contributed by atoms with Gasteiger partial charge in [0.15, 0.2) is 11.5 Å². The summed E-state index contributed by atoms with van der Waals surface area (Å²) in [6, 6.07) is 16.3. The largest absolute Gasteiger partial charge is 0.490 e. The van der Waals surface area contributed by atoms with Crippen molar-refractivity contribution in [3.8, 4) is 11.5 Å². The van der Waals surface area contributed by atoms with Crippen LogP contribution >= 0.6 is 0 Å². The molecule has 11 heteroatoms. The topological polar surface area (TPSA) is 132 Å². The van der Waals surface area contributed by atoms with Crippen molar-refractivity contribution in [3.05, 3.63) is 93.8 Å². The molecule has 0 aliphatic carbocycles. The Balaban J connectivity index is 1.54. The molecule has 0 atom stereocenters. The lowest BCUT2D eigenvalue weighted by molar-refractivity contribution is -0.384. The minimum atomic E-state index is -0.626. The fraction of sp³-hybridized carbons (Fsp3) is 0.160. The van der Waals surface area contributed by atoms with Gasteiger partial charge in [-0.15, -0.1) is 0 Å². The Labute approximate surface area is 205 Å². The van der Waals surface area contributed by atoms with Crippen molar-refractivity contribution >= 4 is 29.4 Å². The Bertz CT molecular complexity index is 1250. The average Bonchev–Trinajstić information content (AvgIpc) is 2.85. The van der Waals surface area contributed by atoms with E-state index in [1.165, 1.54) is 42.6 Å². The van der Waals surface area contributed by atoms with Crippen LogP contribution in [0, 0.1) is 15.9 Å². The third kappa shape index (κ3) is 7.90. The molecule has 2 N–H and O–H groups in total. The number of halogens is 1. The van der Waals surface area contributed by atoms with Crippen LogP contribution in [0.25, 0.3) is 0 Å². The lowest BCUT2D eigenvalue weighted by Crippen LogP contribution is -2.24. The van der Waals surface area contributed by atoms with Crippen LogP contribution < -0.4 is 20.2 Å². The van der Waals surface area contributed by atoms with E-state index in [-0.39, 0.29) is 12.3 Å². The number of non-ortho nitro benzene ring substituents is 1. The first kappa shape index (κ1) is 25.8. The lowest BCUT2D eigenvalue weighted by atomic mass is 10.2. The molecule has 36 heavy (non-hydrogen) atoms. The van der Waals surface area contributed by atoms with Gasteiger partial charge in [-0.05, 0) is 72.6 Å². The standard InChI is InChI=1S/C25H23FN4O6/c1-2-35-23-13-18(5-12-22(23)36-16-17-3-10-21(11-4-17)30(33)34)15-27-29-25(32)14-24(31)28-20-8-6-19(26)7-9-20/h3-13,15H,2,14,16H2,1H3,(H,28,31)(H,29,32). The summed E-state index contributed by atoms with van der Waals surface area (Å²) >= 11 is 0. The SMILES string of the molecule is CCOc1cc(C=NNC(=O)CC(=O)Nc2ccc(F)cc2)ccc1OCc1ccc([N+](=O)[O-])cc1. The first-order valence-corrected chi connectivity index (χ1v) is 10.8. The van der Waals surface area contributed by atoms with Gasteiger partial charge in [-0.2, -0.15) is 5.10 Å². The van der Waals surface area contributed by atoms with Gasteiger partial charge < -0.3 is 14.8 Å². The van der Waals surface area contributed by atoms with Crippen LogP contribution in [0.3, 0.4) is 0 Å². The molecule has 0 heterocycles. The fourth-order valence-corrected chi connectivity index (χ4v) is 2.97. The maximum Gasteiger partial charge on any atom is 0.269 e. The first-order chi connectivity index (χ1) is 17.3. The van der Waals surface area contributed by atoms with Gasteiger partial charge in [0.2, 0.25) is 11.8 Å². The average molecular weight is 494 g/mol. The van der Waals surface area contributed by atoms with Gasteiger partial charge >= 0.3 is 0 Å². The molecule has 0 bridgehead atoms. The number of hydrogen-bond acceptors (Lipinski definition) is 7. The van der Waals surface area contributed by atoms with Gasteiger partial charge in [-0.25, -0.2) is 9.82 Å². The summed E-state index contributed by atoms with van der Waals surface area (Å²) < 4.78 is 24.3. The molecule has 3 rings (SSSR count). The van der Waals surface area contributed by atoms with Crippen molar-refractivity contribution in [3.63, 3.8) is 0 Å². The molecule has 0 spiro atoms. The van der Waals surface area contributed by atoms with Gasteiger partial charge in [0, 0.05) is 17.8 Å². The quantitative estimate of drug-likeness (QED) is 0.178. The molecule has 186 valence electrons. The molecule has 2 amide bonds. The van der Waals surface area contributed by atoms with Crippen molar-refractivity contribution in [2.75, 3.05) is 11.9 Å². The maximum atomic E-state index is 12.9. The molecule has 0 fully saturated rings. The van der Waals surface area contributed by atoms with E-state index in [9.17, 15) is 24.1 Å². The Morgan fingerprint density at radius 2 is 1.72 bits per heavy atom. The van der Waals surface area contributed by atoms with Crippen LogP contribution in [0.15, 0.2) is 71.8 Å². The van der Waals surface area contributed by atoms with E-state index >= 15 is 0 Å². The summed E-state index contributed by atoms with van der Waals surface area (Å²) in [4.78, 5) is 34.2. The number of nitro groups is 1. The van der Waals surface area contributed by atoms with Crippen molar-refractivity contribution in [1.82, 2.24) is 5.43 Å². The van der Waals surface area contributed by atoms with Gasteiger partial charge in [0.05, 0.1) is 17.7 Å². The van der Waals surface area contributed by atoms with Crippen molar-refractivity contribution < 1.29 is 28.4 Å². The van der Waals surface area contributed by atoms with Gasteiger partial charge in [-0.3, -0.25) is 19.7 Å². The number of carbonyl (C=O) groups is 2. The van der Waals surface area contributed by atoms with Crippen molar-refractivity contribution in [2.45, 2.75) is 20.0 Å². The second-order valence-electron chi connectivity index (χ2n) is 7.38. The van der Waals surface area contributed by atoms with Crippen LogP contribution in [0.2, 0.25) is 0 Å². The molecule has 0 saturated heterocycles. The highest BCUT2D eigenvalue weighted by molar-refractivity contribution is 6.03. The van der Waals surface area contributed by atoms with E-state index < -0.39 is 29.0 Å². The Kier molecular flexibility index (Phi) is 9.04. The number of nitro benzene ring substituents is 1. The van der Waals surface area contributed by atoms with Crippen molar-refractivity contribution in [1.29, 1.82) is 0 Å². The van der Waals surface area contributed by atoms with Crippen LogP contribution in [0.4, 0.5) is 15.8 Å². The number of hydrogen-bond donors (Lipinski definition) is 2. The summed E-state index contributed by atoms with van der Waals surface area (Å²) in [6.45, 7) is 2.38. The lowest BCUT2D eigenvalue weighted by Gasteiger charge is -2.12. The van der Waals surface area contributed by atoms with Crippen LogP contribution in [-0.2, 0) is 16.2 Å². The number of benzene rings is 3. The molecule has 10 nitrogen and oxygen atoms in total. The molecule has 3 aromatic carbocycles. The van der Waals surface area contributed by atoms with Crippen molar-refractivity contribution in [2.24, 2.45) is 5.10 Å². The zero-order valence-electron chi connectivity index (χ0n) is 19.3. The Morgan fingerprint density at radius 1 is 1.00 bits per heavy atom. The predicted octanol–water partition coefficient (Wildman–Crippen LogP) is 4.19. The molecule has 0 aliphatic heterocycles. The predicted molar refractivity (Wildman–Crippen MR) is 130 cm³/mol. The van der Waals surface area contributed by atoms with Gasteiger partial charge in [0.1, 0.15) is 18.8 Å². The zero-order chi connectivity index (χ0) is 25.9. The number of rotatable bonds is 11. The maximum absolute atomic E-state index is 12.9. The second kappa shape index (κ2) is 12.6. The minimum absolute atomic E-state index is 0.00186. The van der Waals surface area contributed by atoms with E-state index in [4.69, 9.17) is 9.47 Å². The molecule has 0 aromatic heterocycles. The van der Waals surface area contributed by atoms with E-state index in [2.05, 4.69) is 15.8 Å². The van der Waals surface area contributed by atoms with E-state index in [1.807, 2.05) is 6.92 Å². The molecule has 0 unspecified atom stereocenters. The monoisotopic (exact) mass is 494 g/mol. The summed E-state index contributed by atoms with van der Waals surface area (Å²) in [5.74, 6) is -0.708. The number of carbonyl (C=O) groups excluding carboxylic acids is 2. The van der Waals surface area contributed by atoms with E-state index in [1.54, 1.807) is 30.3 Å². The number of ether oxygens (including phenoxy) is 2. The molecule has 0 aliphatic rings. The van der Waals surface area contributed by atoms with Crippen LogP contribution in [-0.4, -0.2) is 29.6 Å². The highest BCUT2D eigenvalue weighted by atomic mass is 19.1. The minimum Gasteiger partial charge on any atom is -0.490 e. The van der Waals surface area contributed by atoms with E-state index in [0.717, 1.165) is 5.56 Å². The zero-order valence-corrected chi connectivity index (χ0v) is 19.3. The number of amides is 2. The van der Waals surface area contributed by atoms with Gasteiger partial charge in [0.25, 0.3) is 5.69 Å². The van der Waals surface area contributed by atoms with Gasteiger partial charge in [-0.1, -0.05) is 0 Å². The molecule has 0 saturated carbocycles. The summed E-state index contributed by atoms with van der Waals surface area (Å²) in [7, 11) is 0. The molecule has 3 aromatic rings. The summed E-state index contributed by atoms with van der Waals surface area (Å²) in [6.07, 6.45) is 0.923. The highest BCUT2D eigenvalue weighted by Crippen LogP contribution is 2.29. The highest BCUT2D eigenvalue weighted by Gasteiger charge is 2.10. The Morgan fingerprint density at radius 3 is 2.39 bits per heavy atom. The first-order valence-electron chi connectivity index (χ1n) is 10.8. The smallest absolute Gasteiger partial charge is 0.269 e. The van der Waals surface area contributed by atoms with Crippen LogP contribution in [0.5, 0.6) is 11.5 Å². The molecule has 0 radical (unpaired) electrons. The summed E-state index contributed by atoms with van der Waals surface area (Å²) in [5.41, 5.74) is 4.00. The number of nitrogens with zero attached hydrogens (tertiary/aromatic N) is 2. The Hall–Kier alpha value is -4.80. The number of hydrazone groups is 1. The number of anilines is 1.